The summed E-state index contributed by atoms with van der Waals surface area (Å²) in [6.07, 6.45) is 0.816. The molecule has 0 aliphatic heterocycles. The van der Waals surface area contributed by atoms with Gasteiger partial charge in [0.05, 0.1) is 3.79 Å². The second-order valence-corrected chi connectivity index (χ2v) is 7.14. The molecule has 1 amide bonds. The molecule has 0 aliphatic carbocycles. The number of rotatable bonds is 5. The lowest BCUT2D eigenvalue weighted by molar-refractivity contribution is 0.0954. The van der Waals surface area contributed by atoms with Gasteiger partial charge in [-0.05, 0) is 46.6 Å². The van der Waals surface area contributed by atoms with E-state index in [4.69, 9.17) is 18.0 Å². The molecule has 1 aromatic carbocycles. The van der Waals surface area contributed by atoms with Crippen molar-refractivity contribution < 1.29 is 4.79 Å². The molecule has 3 N–H and O–H groups in total. The van der Waals surface area contributed by atoms with Crippen LogP contribution in [0.15, 0.2) is 40.2 Å². The molecule has 104 valence electrons. The first kappa shape index (κ1) is 15.2. The van der Waals surface area contributed by atoms with E-state index in [1.165, 1.54) is 4.88 Å². The van der Waals surface area contributed by atoms with E-state index in [1.807, 2.05) is 12.1 Å². The number of thiophene rings is 1. The predicted molar refractivity (Wildman–Crippen MR) is 90.4 cm³/mol. The van der Waals surface area contributed by atoms with Crippen molar-refractivity contribution in [3.8, 4) is 0 Å². The van der Waals surface area contributed by atoms with Crippen LogP contribution >= 0.6 is 39.5 Å². The second-order valence-electron chi connectivity index (χ2n) is 4.16. The normalized spacial score (nSPS) is 10.2. The summed E-state index contributed by atoms with van der Waals surface area (Å²) in [5.74, 6) is -0.112. The fourth-order valence-corrected chi connectivity index (χ4v) is 3.31. The Morgan fingerprint density at radius 1 is 1.30 bits per heavy atom. The maximum Gasteiger partial charge on any atom is 0.251 e. The van der Waals surface area contributed by atoms with Crippen molar-refractivity contribution in [2.24, 2.45) is 5.73 Å². The minimum atomic E-state index is -0.112. The van der Waals surface area contributed by atoms with Gasteiger partial charge in [0.15, 0.2) is 0 Å². The van der Waals surface area contributed by atoms with Crippen LogP contribution in [-0.4, -0.2) is 17.4 Å². The first-order valence-electron chi connectivity index (χ1n) is 5.98. The first-order chi connectivity index (χ1) is 9.56. The van der Waals surface area contributed by atoms with Crippen LogP contribution in [0.5, 0.6) is 0 Å². The van der Waals surface area contributed by atoms with E-state index < -0.39 is 0 Å². The van der Waals surface area contributed by atoms with Gasteiger partial charge in [-0.25, -0.2) is 0 Å². The Balaban J connectivity index is 1.91. The maximum atomic E-state index is 12.0. The molecule has 3 nitrogen and oxygen atoms in total. The zero-order valence-corrected chi connectivity index (χ0v) is 13.8. The van der Waals surface area contributed by atoms with Crippen molar-refractivity contribution >= 4 is 50.4 Å². The molecule has 20 heavy (non-hydrogen) atoms. The van der Waals surface area contributed by atoms with Crippen molar-refractivity contribution in [2.45, 2.75) is 6.42 Å². The SMILES string of the molecule is NC(=S)c1cccc(C(=O)NCCc2ccc(Br)s2)c1. The minimum absolute atomic E-state index is 0.112. The number of nitrogens with two attached hydrogens (primary N) is 1. The number of benzene rings is 1. The molecule has 0 saturated heterocycles. The molecule has 2 aromatic rings. The van der Waals surface area contributed by atoms with Gasteiger partial charge in [0.2, 0.25) is 0 Å². The Morgan fingerprint density at radius 3 is 2.70 bits per heavy atom. The summed E-state index contributed by atoms with van der Waals surface area (Å²) < 4.78 is 1.10. The van der Waals surface area contributed by atoms with Gasteiger partial charge in [-0.1, -0.05) is 24.4 Å². The van der Waals surface area contributed by atoms with Gasteiger partial charge >= 0.3 is 0 Å². The molecule has 0 saturated carbocycles. The molecule has 0 radical (unpaired) electrons. The quantitative estimate of drug-likeness (QED) is 0.797. The predicted octanol–water partition coefficient (Wildman–Crippen LogP) is 3.12. The highest BCUT2D eigenvalue weighted by atomic mass is 79.9. The standard InChI is InChI=1S/C14H13BrN2OS2/c15-12-5-4-11(20-12)6-7-17-14(18)10-3-1-2-9(8-10)13(16)19/h1-5,8H,6-7H2,(H2,16,19)(H,17,18). The van der Waals surface area contributed by atoms with E-state index in [1.54, 1.807) is 35.6 Å². The Morgan fingerprint density at radius 2 is 2.05 bits per heavy atom. The van der Waals surface area contributed by atoms with E-state index >= 15 is 0 Å². The van der Waals surface area contributed by atoms with Crippen molar-refractivity contribution in [3.05, 3.63) is 56.2 Å². The third-order valence-electron chi connectivity index (χ3n) is 2.70. The van der Waals surface area contributed by atoms with Crippen LogP contribution in [0.4, 0.5) is 0 Å². The third kappa shape index (κ3) is 4.13. The molecule has 0 aliphatic rings. The van der Waals surface area contributed by atoms with Crippen molar-refractivity contribution in [2.75, 3.05) is 6.54 Å². The number of thiocarbonyl (C=S) groups is 1. The number of amides is 1. The maximum absolute atomic E-state index is 12.0. The van der Waals surface area contributed by atoms with Crippen LogP contribution in [0, 0.1) is 0 Å². The largest absolute Gasteiger partial charge is 0.389 e. The van der Waals surface area contributed by atoms with Crippen molar-refractivity contribution in [3.63, 3.8) is 0 Å². The molecule has 1 heterocycles. The summed E-state index contributed by atoms with van der Waals surface area (Å²) in [7, 11) is 0. The molecule has 0 atom stereocenters. The third-order valence-corrected chi connectivity index (χ3v) is 4.61. The van der Waals surface area contributed by atoms with E-state index in [0.717, 1.165) is 10.2 Å². The van der Waals surface area contributed by atoms with Crippen LogP contribution in [0.3, 0.4) is 0 Å². The van der Waals surface area contributed by atoms with Gasteiger partial charge < -0.3 is 11.1 Å². The van der Waals surface area contributed by atoms with Crippen molar-refractivity contribution in [1.82, 2.24) is 5.32 Å². The molecule has 2 rings (SSSR count). The number of halogens is 1. The fraction of sp³-hybridized carbons (Fsp3) is 0.143. The summed E-state index contributed by atoms with van der Waals surface area (Å²) in [6.45, 7) is 0.600. The highest BCUT2D eigenvalue weighted by Gasteiger charge is 2.07. The van der Waals surface area contributed by atoms with Gasteiger partial charge in [0.25, 0.3) is 5.91 Å². The molecule has 6 heteroatoms. The summed E-state index contributed by atoms with van der Waals surface area (Å²) in [4.78, 5) is 13.5. The average Bonchev–Trinajstić information content (AvgIpc) is 2.84. The topological polar surface area (TPSA) is 55.1 Å². The Bertz CT molecular complexity index is 640. The fourth-order valence-electron chi connectivity index (χ4n) is 1.70. The molecule has 0 spiro atoms. The summed E-state index contributed by atoms with van der Waals surface area (Å²) in [6, 6.07) is 11.1. The van der Waals surface area contributed by atoms with Crippen LogP contribution in [0.2, 0.25) is 0 Å². The van der Waals surface area contributed by atoms with Crippen LogP contribution in [0.1, 0.15) is 20.8 Å². The highest BCUT2D eigenvalue weighted by molar-refractivity contribution is 9.11. The van der Waals surface area contributed by atoms with Gasteiger partial charge in [-0.3, -0.25) is 4.79 Å². The van der Waals surface area contributed by atoms with Gasteiger partial charge in [0.1, 0.15) is 4.99 Å². The Labute approximate surface area is 135 Å². The number of carbonyl (C=O) groups excluding carboxylic acids is 1. The van der Waals surface area contributed by atoms with E-state index in [2.05, 4.69) is 21.2 Å². The van der Waals surface area contributed by atoms with Crippen LogP contribution in [-0.2, 0) is 6.42 Å². The highest BCUT2D eigenvalue weighted by Crippen LogP contribution is 2.22. The van der Waals surface area contributed by atoms with Gasteiger partial charge in [0, 0.05) is 22.5 Å². The van der Waals surface area contributed by atoms with Gasteiger partial charge in [-0.2, -0.15) is 0 Å². The molecule has 0 bridgehead atoms. The zero-order valence-electron chi connectivity index (χ0n) is 10.6. The van der Waals surface area contributed by atoms with E-state index in [-0.39, 0.29) is 5.91 Å². The van der Waals surface area contributed by atoms with Crippen LogP contribution < -0.4 is 11.1 Å². The minimum Gasteiger partial charge on any atom is -0.389 e. The number of hydrogen-bond acceptors (Lipinski definition) is 3. The second kappa shape index (κ2) is 6.97. The van der Waals surface area contributed by atoms with E-state index in [9.17, 15) is 4.79 Å². The monoisotopic (exact) mass is 368 g/mol. The molecular weight excluding hydrogens is 356 g/mol. The van der Waals surface area contributed by atoms with E-state index in [0.29, 0.717) is 22.7 Å². The lowest BCUT2D eigenvalue weighted by atomic mass is 10.1. The summed E-state index contributed by atoms with van der Waals surface area (Å²) >= 11 is 10.00. The first-order valence-corrected chi connectivity index (χ1v) is 8.00. The lowest BCUT2D eigenvalue weighted by Crippen LogP contribution is -2.25. The number of carbonyl (C=O) groups is 1. The molecular formula is C14H13BrN2OS2. The zero-order chi connectivity index (χ0) is 14.5. The molecule has 1 aromatic heterocycles. The average molecular weight is 369 g/mol. The van der Waals surface area contributed by atoms with Crippen molar-refractivity contribution in [1.29, 1.82) is 0 Å². The lowest BCUT2D eigenvalue weighted by Gasteiger charge is -2.06. The Kier molecular flexibility index (Phi) is 5.28. The summed E-state index contributed by atoms with van der Waals surface area (Å²) in [5.41, 5.74) is 6.83. The smallest absolute Gasteiger partial charge is 0.251 e. The molecule has 0 fully saturated rings. The molecule has 0 unspecified atom stereocenters. The van der Waals surface area contributed by atoms with Crippen LogP contribution in [0.25, 0.3) is 0 Å². The van der Waals surface area contributed by atoms with Gasteiger partial charge in [-0.15, -0.1) is 11.3 Å². The number of hydrogen-bond donors (Lipinski definition) is 2. The summed E-state index contributed by atoms with van der Waals surface area (Å²) in [5, 5.41) is 2.89. The Hall–Kier alpha value is -1.24. The number of nitrogens with one attached hydrogen (secondary N) is 1.